The van der Waals surface area contributed by atoms with Crippen molar-refractivity contribution in [3.63, 3.8) is 0 Å². The summed E-state index contributed by atoms with van der Waals surface area (Å²) in [5, 5.41) is 6.00. The van der Waals surface area contributed by atoms with Gasteiger partial charge in [-0.1, -0.05) is 18.2 Å². The summed E-state index contributed by atoms with van der Waals surface area (Å²) in [7, 11) is 2.16. The van der Waals surface area contributed by atoms with Gasteiger partial charge in [-0.15, -0.1) is 0 Å². The third-order valence-electron chi connectivity index (χ3n) is 5.50. The van der Waals surface area contributed by atoms with Crippen molar-refractivity contribution in [2.24, 2.45) is 5.73 Å². The first-order valence-corrected chi connectivity index (χ1v) is 8.94. The number of aromatic amines is 1. The summed E-state index contributed by atoms with van der Waals surface area (Å²) in [5.41, 5.74) is 7.93. The smallest absolute Gasteiger partial charge is 0.315 e. The first-order valence-electron chi connectivity index (χ1n) is 8.94. The molecule has 3 heterocycles. The van der Waals surface area contributed by atoms with Crippen molar-refractivity contribution in [1.82, 2.24) is 24.8 Å². The molecule has 0 spiro atoms. The zero-order valence-corrected chi connectivity index (χ0v) is 14.7. The van der Waals surface area contributed by atoms with Crippen LogP contribution < -0.4 is 5.73 Å². The number of nitrogens with one attached hydrogen (secondary N) is 1. The van der Waals surface area contributed by atoms with Crippen LogP contribution in [-0.2, 0) is 0 Å². The number of hydrazine groups is 1. The van der Waals surface area contributed by atoms with E-state index in [1.165, 1.54) is 5.39 Å². The van der Waals surface area contributed by atoms with Crippen LogP contribution in [0.25, 0.3) is 10.9 Å². The van der Waals surface area contributed by atoms with E-state index in [0.717, 1.165) is 50.3 Å². The highest BCUT2D eigenvalue weighted by Crippen LogP contribution is 2.31. The van der Waals surface area contributed by atoms with Gasteiger partial charge in [0.1, 0.15) is 0 Å². The van der Waals surface area contributed by atoms with Crippen molar-refractivity contribution in [2.75, 3.05) is 52.9 Å². The number of likely N-dealkylation sites (N-methyl/N-ethyl adjacent to an activating group) is 1. The van der Waals surface area contributed by atoms with Crippen LogP contribution in [-0.4, -0.2) is 83.7 Å². The SMILES string of the molecule is CN1CCN(N2CCN(C(N)=O)C(c3c[nH]c4ccccc34)C2)CC1. The number of nitrogens with two attached hydrogens (primary N) is 1. The number of aromatic nitrogens is 1. The lowest BCUT2D eigenvalue weighted by Gasteiger charge is -2.47. The number of piperazine rings is 2. The van der Waals surface area contributed by atoms with Gasteiger partial charge in [0.25, 0.3) is 0 Å². The molecule has 2 aromatic rings. The van der Waals surface area contributed by atoms with E-state index in [-0.39, 0.29) is 12.1 Å². The summed E-state index contributed by atoms with van der Waals surface area (Å²) in [4.78, 5) is 19.5. The van der Waals surface area contributed by atoms with Crippen molar-refractivity contribution < 1.29 is 4.79 Å². The molecular formula is C18H26N6O. The molecule has 3 N–H and O–H groups in total. The maximum Gasteiger partial charge on any atom is 0.315 e. The average molecular weight is 342 g/mol. The number of H-pyrrole nitrogens is 1. The number of para-hydroxylation sites is 1. The monoisotopic (exact) mass is 342 g/mol. The van der Waals surface area contributed by atoms with E-state index in [1.54, 1.807) is 0 Å². The van der Waals surface area contributed by atoms with Gasteiger partial charge in [-0.3, -0.25) is 0 Å². The van der Waals surface area contributed by atoms with E-state index in [2.05, 4.69) is 39.1 Å². The fourth-order valence-electron chi connectivity index (χ4n) is 4.00. The van der Waals surface area contributed by atoms with Crippen LogP contribution >= 0.6 is 0 Å². The molecule has 2 aliphatic heterocycles. The van der Waals surface area contributed by atoms with Crippen LogP contribution in [0.4, 0.5) is 4.79 Å². The minimum atomic E-state index is -0.340. The average Bonchev–Trinajstić information content (AvgIpc) is 3.06. The minimum Gasteiger partial charge on any atom is -0.361 e. The number of nitrogens with zero attached hydrogens (tertiary/aromatic N) is 4. The molecule has 2 amide bonds. The van der Waals surface area contributed by atoms with Crippen LogP contribution in [0.1, 0.15) is 11.6 Å². The summed E-state index contributed by atoms with van der Waals surface area (Å²) in [6.45, 7) is 6.51. The minimum absolute atomic E-state index is 0.0259. The second-order valence-corrected chi connectivity index (χ2v) is 7.01. The Labute approximate surface area is 147 Å². The van der Waals surface area contributed by atoms with Gasteiger partial charge in [0.05, 0.1) is 6.04 Å². The van der Waals surface area contributed by atoms with Crippen LogP contribution in [0.15, 0.2) is 30.5 Å². The number of amides is 2. The van der Waals surface area contributed by atoms with Crippen LogP contribution in [0.3, 0.4) is 0 Å². The van der Waals surface area contributed by atoms with Crippen LogP contribution in [0, 0.1) is 0 Å². The molecule has 2 saturated heterocycles. The molecule has 134 valence electrons. The lowest BCUT2D eigenvalue weighted by molar-refractivity contribution is -0.0875. The molecule has 1 aromatic carbocycles. The second-order valence-electron chi connectivity index (χ2n) is 7.01. The Balaban J connectivity index is 1.61. The molecule has 25 heavy (non-hydrogen) atoms. The first-order chi connectivity index (χ1) is 12.1. The fraction of sp³-hybridized carbons (Fsp3) is 0.500. The van der Waals surface area contributed by atoms with Gasteiger partial charge in [-0.25, -0.2) is 14.8 Å². The van der Waals surface area contributed by atoms with E-state index in [0.29, 0.717) is 6.54 Å². The lowest BCUT2D eigenvalue weighted by Crippen LogP contribution is -2.60. The largest absolute Gasteiger partial charge is 0.361 e. The molecule has 4 rings (SSSR count). The number of carbonyl (C=O) groups is 1. The van der Waals surface area contributed by atoms with Crippen molar-refractivity contribution in [2.45, 2.75) is 6.04 Å². The van der Waals surface area contributed by atoms with E-state index < -0.39 is 0 Å². The van der Waals surface area contributed by atoms with E-state index in [9.17, 15) is 4.79 Å². The molecule has 0 aliphatic carbocycles. The Morgan fingerprint density at radius 2 is 1.80 bits per heavy atom. The topological polar surface area (TPSA) is 71.8 Å². The fourth-order valence-corrected chi connectivity index (χ4v) is 4.00. The van der Waals surface area contributed by atoms with E-state index >= 15 is 0 Å². The molecular weight excluding hydrogens is 316 g/mol. The standard InChI is InChI=1S/C18H26N6O/c1-21-6-8-22(9-7-21)23-10-11-24(18(19)25)17(13-23)15-12-20-16-5-3-2-4-14(15)16/h2-5,12,17,20H,6-11,13H2,1H3,(H2,19,25). The van der Waals surface area contributed by atoms with E-state index in [1.807, 2.05) is 23.2 Å². The number of hydrogen-bond donors (Lipinski definition) is 2. The molecule has 7 nitrogen and oxygen atoms in total. The molecule has 0 bridgehead atoms. The highest BCUT2D eigenvalue weighted by atomic mass is 16.2. The van der Waals surface area contributed by atoms with Gasteiger partial charge < -0.3 is 20.5 Å². The van der Waals surface area contributed by atoms with Crippen molar-refractivity contribution in [1.29, 1.82) is 0 Å². The van der Waals surface area contributed by atoms with Crippen LogP contribution in [0.2, 0.25) is 0 Å². The number of benzene rings is 1. The lowest BCUT2D eigenvalue weighted by atomic mass is 10.0. The molecule has 1 aromatic heterocycles. The molecule has 0 radical (unpaired) electrons. The predicted octanol–water partition coefficient (Wildman–Crippen LogP) is 1.07. The molecule has 1 atom stereocenters. The normalized spacial score (nSPS) is 24.0. The van der Waals surface area contributed by atoms with Gasteiger partial charge >= 0.3 is 6.03 Å². The van der Waals surface area contributed by atoms with Gasteiger partial charge in [0.2, 0.25) is 0 Å². The molecule has 1 unspecified atom stereocenters. The summed E-state index contributed by atoms with van der Waals surface area (Å²) >= 11 is 0. The molecule has 2 fully saturated rings. The Hall–Kier alpha value is -2.09. The van der Waals surface area contributed by atoms with Crippen molar-refractivity contribution in [3.8, 4) is 0 Å². The van der Waals surface area contributed by atoms with E-state index in [4.69, 9.17) is 5.73 Å². The number of rotatable bonds is 2. The quantitative estimate of drug-likeness (QED) is 0.856. The van der Waals surface area contributed by atoms with Gasteiger partial charge in [-0.05, 0) is 13.1 Å². The summed E-state index contributed by atoms with van der Waals surface area (Å²) in [5.74, 6) is 0. The Morgan fingerprint density at radius 3 is 2.56 bits per heavy atom. The predicted molar refractivity (Wildman–Crippen MR) is 98.0 cm³/mol. The number of primary amides is 1. The Kier molecular flexibility index (Phi) is 4.37. The summed E-state index contributed by atoms with van der Waals surface area (Å²) in [6.07, 6.45) is 2.03. The highest BCUT2D eigenvalue weighted by molar-refractivity contribution is 5.84. The third-order valence-corrected chi connectivity index (χ3v) is 5.50. The van der Waals surface area contributed by atoms with Crippen molar-refractivity contribution >= 4 is 16.9 Å². The highest BCUT2D eigenvalue weighted by Gasteiger charge is 2.34. The zero-order valence-electron chi connectivity index (χ0n) is 14.7. The number of hydrogen-bond acceptors (Lipinski definition) is 4. The Bertz CT molecular complexity index is 751. The second kappa shape index (κ2) is 6.67. The van der Waals surface area contributed by atoms with Gasteiger partial charge in [0, 0.05) is 68.5 Å². The van der Waals surface area contributed by atoms with Crippen molar-refractivity contribution in [3.05, 3.63) is 36.0 Å². The van der Waals surface area contributed by atoms with Gasteiger partial charge in [-0.2, -0.15) is 0 Å². The molecule has 2 aliphatic rings. The molecule has 0 saturated carbocycles. The third kappa shape index (κ3) is 3.10. The number of fused-ring (bicyclic) bond motifs is 1. The van der Waals surface area contributed by atoms with Crippen LogP contribution in [0.5, 0.6) is 0 Å². The molecule has 7 heteroatoms. The maximum absolute atomic E-state index is 12.0. The number of urea groups is 1. The number of carbonyl (C=O) groups excluding carboxylic acids is 1. The summed E-state index contributed by atoms with van der Waals surface area (Å²) in [6, 6.07) is 7.86. The first kappa shape index (κ1) is 16.4. The Morgan fingerprint density at radius 1 is 1.08 bits per heavy atom. The van der Waals surface area contributed by atoms with Gasteiger partial charge in [0.15, 0.2) is 0 Å². The zero-order chi connectivity index (χ0) is 17.4. The maximum atomic E-state index is 12.0. The summed E-state index contributed by atoms with van der Waals surface area (Å²) < 4.78 is 0.